The lowest BCUT2D eigenvalue weighted by Crippen LogP contribution is -1.86. The van der Waals surface area contributed by atoms with Crippen molar-refractivity contribution in [3.63, 3.8) is 0 Å². The minimum Gasteiger partial charge on any atom is -0.345 e. The van der Waals surface area contributed by atoms with E-state index in [4.69, 9.17) is 14.7 Å². The molecule has 0 aromatic carbocycles. The Morgan fingerprint density at radius 3 is 0.889 bits per heavy atom. The van der Waals surface area contributed by atoms with Gasteiger partial charge in [-0.3, -0.25) is 13.7 Å². The van der Waals surface area contributed by atoms with Crippen molar-refractivity contribution in [2.45, 2.75) is 0 Å². The average Bonchev–Trinajstić information content (AvgIpc) is 1.78. The van der Waals surface area contributed by atoms with Gasteiger partial charge in [0.15, 0.2) is 7.37 Å². The van der Waals surface area contributed by atoms with Gasteiger partial charge >= 0.3 is 0 Å². The SMILES string of the molecule is CP(=O)(O)CP(C)(=O)O.CP(C)(=O)O.II.[AlH2].[AlH2]. The molecule has 0 saturated carbocycles. The highest BCUT2D eigenvalue weighted by Gasteiger charge is 2.21. The highest BCUT2D eigenvalue weighted by atomic mass is 128. The molecule has 0 aliphatic rings. The van der Waals surface area contributed by atoms with Crippen molar-refractivity contribution in [3.8, 4) is 0 Å². The molecule has 13 heteroatoms. The maximum absolute atomic E-state index is 10.5. The summed E-state index contributed by atoms with van der Waals surface area (Å²) in [7, 11) is -9.24. The molecule has 2 atom stereocenters. The molecule has 0 saturated heterocycles. The van der Waals surface area contributed by atoms with Gasteiger partial charge in [0, 0.05) is 63.9 Å². The van der Waals surface area contributed by atoms with E-state index >= 15 is 0 Å². The molecule has 2 unspecified atom stereocenters. The van der Waals surface area contributed by atoms with E-state index in [2.05, 4.69) is 37.2 Å². The first kappa shape index (κ1) is 32.9. The Morgan fingerprint density at radius 2 is 0.889 bits per heavy atom. The Labute approximate surface area is 153 Å². The van der Waals surface area contributed by atoms with E-state index in [1.165, 1.54) is 13.3 Å². The molecular weight excluding hydrogens is 557 g/mol. The van der Waals surface area contributed by atoms with Crippen LogP contribution in [0.4, 0.5) is 0 Å². The molecule has 6 nitrogen and oxygen atoms in total. The van der Waals surface area contributed by atoms with Crippen LogP contribution in [0, 0.1) is 0 Å². The van der Waals surface area contributed by atoms with E-state index < -0.39 is 28.0 Å². The van der Waals surface area contributed by atoms with Gasteiger partial charge in [-0.25, -0.2) is 0 Å². The average molecular weight is 578 g/mol. The minimum absolute atomic E-state index is 0. The van der Waals surface area contributed by atoms with Crippen molar-refractivity contribution in [3.05, 3.63) is 0 Å². The molecule has 0 fully saturated rings. The van der Waals surface area contributed by atoms with E-state index in [0.717, 1.165) is 13.3 Å². The normalized spacial score (nSPS) is 15.8. The molecule has 0 aromatic heterocycles. The molecule has 0 bridgehead atoms. The van der Waals surface area contributed by atoms with Crippen LogP contribution in [0.25, 0.3) is 0 Å². The van der Waals surface area contributed by atoms with Crippen LogP contribution >= 0.6 is 59.3 Å². The number of rotatable bonds is 2. The van der Waals surface area contributed by atoms with Crippen molar-refractivity contribution in [1.29, 1.82) is 0 Å². The fourth-order valence-electron chi connectivity index (χ4n) is 0.487. The molecule has 0 aromatic rings. The number of hydrogen-bond acceptors (Lipinski definition) is 3. The highest BCUT2D eigenvalue weighted by Crippen LogP contribution is 2.52. The first-order chi connectivity index (χ1) is 6.71. The second-order valence-corrected chi connectivity index (χ2v) is 11.5. The molecule has 0 rings (SSSR count). The molecule has 0 amide bonds. The van der Waals surface area contributed by atoms with Gasteiger partial charge in [0.1, 0.15) is 40.6 Å². The smallest absolute Gasteiger partial charge is 0.207 e. The molecule has 18 heavy (non-hydrogen) atoms. The molecule has 0 aliphatic carbocycles. The molecule has 0 spiro atoms. The highest BCUT2D eigenvalue weighted by molar-refractivity contribution is 15.0. The van der Waals surface area contributed by atoms with E-state index in [-0.39, 0.29) is 34.7 Å². The van der Waals surface area contributed by atoms with Crippen molar-refractivity contribution in [2.24, 2.45) is 0 Å². The zero-order valence-corrected chi connectivity index (χ0v) is 22.4. The fourth-order valence-corrected chi connectivity index (χ4v) is 4.38. The van der Waals surface area contributed by atoms with Crippen LogP contribution in [0.2, 0.25) is 0 Å². The van der Waals surface area contributed by atoms with Gasteiger partial charge < -0.3 is 14.7 Å². The number of halogens is 2. The summed E-state index contributed by atoms with van der Waals surface area (Å²) in [5.74, 6) is -0.486. The summed E-state index contributed by atoms with van der Waals surface area (Å²) in [6, 6.07) is 0. The quantitative estimate of drug-likeness (QED) is 0.258. The second kappa shape index (κ2) is 15.0. The Balaban J connectivity index is -0.0000000546. The maximum atomic E-state index is 10.5. The summed E-state index contributed by atoms with van der Waals surface area (Å²) in [4.78, 5) is 25.2. The van der Waals surface area contributed by atoms with Crippen molar-refractivity contribution >= 4 is 94.1 Å². The van der Waals surface area contributed by atoms with E-state index in [0.29, 0.717) is 0 Å². The summed E-state index contributed by atoms with van der Waals surface area (Å²) in [5.41, 5.74) is 0. The molecule has 0 aliphatic heterocycles. The lowest BCUT2D eigenvalue weighted by atomic mass is 11.9. The summed E-state index contributed by atoms with van der Waals surface area (Å²) < 4.78 is 30.7. The van der Waals surface area contributed by atoms with Gasteiger partial charge in [0.05, 0.1) is 0 Å². The van der Waals surface area contributed by atoms with Gasteiger partial charge in [-0.2, -0.15) is 0 Å². The first-order valence-electron chi connectivity index (χ1n) is 3.71. The minimum atomic E-state index is -3.30. The van der Waals surface area contributed by atoms with E-state index in [1.54, 1.807) is 0 Å². The predicted molar refractivity (Wildman–Crippen MR) is 103 cm³/mol. The number of hydrogen-bond donors (Lipinski definition) is 3. The molecule has 112 valence electrons. The fraction of sp³-hybridized carbons (Fsp3) is 1.00. The Bertz CT molecular complexity index is 282. The third-order valence-corrected chi connectivity index (χ3v) is 4.72. The molecule has 2 radical (unpaired) electrons. The summed E-state index contributed by atoms with van der Waals surface area (Å²) in [5, 5.41) is 0. The first-order valence-corrected chi connectivity index (χ1v) is 17.1. The van der Waals surface area contributed by atoms with Crippen molar-refractivity contribution in [1.82, 2.24) is 0 Å². The van der Waals surface area contributed by atoms with Crippen LogP contribution < -0.4 is 0 Å². The van der Waals surface area contributed by atoms with Crippen LogP contribution in [-0.4, -0.2) is 82.0 Å². The third-order valence-electron chi connectivity index (χ3n) is 0.525. The van der Waals surface area contributed by atoms with E-state index in [1.807, 2.05) is 0 Å². The van der Waals surface area contributed by atoms with Crippen LogP contribution in [0.15, 0.2) is 0 Å². The van der Waals surface area contributed by atoms with Gasteiger partial charge in [0.25, 0.3) is 0 Å². The van der Waals surface area contributed by atoms with Gasteiger partial charge in [0.2, 0.25) is 14.7 Å². The van der Waals surface area contributed by atoms with Crippen LogP contribution in [0.3, 0.4) is 0 Å². The van der Waals surface area contributed by atoms with Crippen LogP contribution in [0.1, 0.15) is 0 Å². The largest absolute Gasteiger partial charge is 0.345 e. The lowest BCUT2D eigenvalue weighted by molar-refractivity contribution is 0.473. The second-order valence-electron chi connectivity index (χ2n) is 3.54. The van der Waals surface area contributed by atoms with Crippen LogP contribution in [-0.2, 0) is 13.7 Å². The summed E-state index contributed by atoms with van der Waals surface area (Å²) >= 11 is 4.24. The van der Waals surface area contributed by atoms with Gasteiger partial charge in [-0.05, 0) is 0 Å². The van der Waals surface area contributed by atoms with Gasteiger partial charge in [-0.15, -0.1) is 0 Å². The molecule has 0 heterocycles. The monoisotopic (exact) mass is 578 g/mol. The molecule has 3 N–H and O–H groups in total. The lowest BCUT2D eigenvalue weighted by Gasteiger charge is -2.06. The zero-order valence-electron chi connectivity index (χ0n) is 11.4. The summed E-state index contributed by atoms with van der Waals surface area (Å²) in [6.45, 7) is 4.73. The Morgan fingerprint density at radius 1 is 0.778 bits per heavy atom. The third kappa shape index (κ3) is 75.6. The predicted octanol–water partition coefficient (Wildman–Crippen LogP) is 1.20. The Hall–Kier alpha value is 3.09. The van der Waals surface area contributed by atoms with Gasteiger partial charge in [-0.1, -0.05) is 0 Å². The summed E-state index contributed by atoms with van der Waals surface area (Å²) in [6.07, 6.45) is 0. The zero-order chi connectivity index (χ0) is 14.2. The maximum Gasteiger partial charge on any atom is 0.207 e. The van der Waals surface area contributed by atoms with Crippen molar-refractivity contribution in [2.75, 3.05) is 32.6 Å². The standard InChI is InChI=1S/C3H10O4P2.C2H7O2P.2Al.I2.4H/c1-8(4,5)3-9(2,6)7;1-5(2,3)4;;;1-2;;;;/h3H2,1-2H3,(H,4,5)(H,6,7);1-2H3,(H,3,4);;;;;;;. The van der Waals surface area contributed by atoms with Crippen LogP contribution in [0.5, 0.6) is 0 Å². The topological polar surface area (TPSA) is 112 Å². The Kier molecular flexibility index (Phi) is 27.4. The molecular formula is C5H21Al2I2O6P3. The van der Waals surface area contributed by atoms with Crippen molar-refractivity contribution < 1.29 is 28.4 Å². The van der Waals surface area contributed by atoms with E-state index in [9.17, 15) is 13.7 Å².